The molecule has 1 heterocycles. The minimum absolute atomic E-state index is 0.0346. The van der Waals surface area contributed by atoms with Crippen molar-refractivity contribution in [2.45, 2.75) is 12.3 Å². The first-order valence-electron chi connectivity index (χ1n) is 7.65. The molecule has 1 fully saturated rings. The van der Waals surface area contributed by atoms with E-state index in [1.165, 1.54) is 0 Å². The second kappa shape index (κ2) is 7.08. The Morgan fingerprint density at radius 2 is 2.00 bits per heavy atom. The number of rotatable bonds is 4. The number of hydrogen-bond donors (Lipinski definition) is 1. The number of carbonyl (C=O) groups is 1. The minimum Gasteiger partial charge on any atom is -0.315 e. The molecule has 2 atom stereocenters. The molecule has 0 aromatic heterocycles. The van der Waals surface area contributed by atoms with Gasteiger partial charge in [-0.1, -0.05) is 40.2 Å². The molecule has 3 nitrogen and oxygen atoms in total. The van der Waals surface area contributed by atoms with Crippen molar-refractivity contribution in [3.8, 4) is 6.07 Å². The molecule has 0 bridgehead atoms. The average Bonchev–Trinajstić information content (AvgIpc) is 3.07. The molecule has 3 rings (SSSR count). The van der Waals surface area contributed by atoms with Crippen molar-refractivity contribution in [2.24, 2.45) is 5.92 Å². The van der Waals surface area contributed by atoms with E-state index in [9.17, 15) is 4.79 Å². The molecule has 4 heteroatoms. The summed E-state index contributed by atoms with van der Waals surface area (Å²) in [6.45, 7) is 1.49. The number of hydrogen-bond acceptors (Lipinski definition) is 3. The fraction of sp³-hybridized carbons (Fsp3) is 0.263. The number of benzene rings is 2. The molecule has 116 valence electrons. The van der Waals surface area contributed by atoms with Crippen LogP contribution in [-0.4, -0.2) is 18.9 Å². The predicted octanol–water partition coefficient (Wildman–Crippen LogP) is 3.44. The molecule has 2 aromatic carbocycles. The highest BCUT2D eigenvalue weighted by molar-refractivity contribution is 9.10. The first-order chi connectivity index (χ1) is 11.2. The van der Waals surface area contributed by atoms with E-state index in [0.29, 0.717) is 18.5 Å². The Kier molecular flexibility index (Phi) is 4.90. The number of halogens is 1. The molecule has 1 aliphatic rings. The summed E-state index contributed by atoms with van der Waals surface area (Å²) in [6, 6.07) is 17.7. The van der Waals surface area contributed by atoms with Crippen molar-refractivity contribution >= 4 is 21.7 Å². The van der Waals surface area contributed by atoms with Crippen LogP contribution < -0.4 is 5.32 Å². The van der Waals surface area contributed by atoms with E-state index >= 15 is 0 Å². The summed E-state index contributed by atoms with van der Waals surface area (Å²) in [5.74, 6) is 0.364. The molecule has 0 saturated carbocycles. The zero-order valence-corrected chi connectivity index (χ0v) is 14.2. The Morgan fingerprint density at radius 1 is 1.22 bits per heavy atom. The van der Waals surface area contributed by atoms with Crippen LogP contribution in [0.4, 0.5) is 0 Å². The number of nitrogens with zero attached hydrogens (tertiary/aromatic N) is 1. The molecular formula is C19H17BrN2O. The molecule has 2 aromatic rings. The third-order valence-corrected chi connectivity index (χ3v) is 4.89. The van der Waals surface area contributed by atoms with Crippen molar-refractivity contribution in [3.05, 3.63) is 69.7 Å². The number of carbonyl (C=O) groups excluding carboxylic acids is 1. The van der Waals surface area contributed by atoms with Gasteiger partial charge in [-0.15, -0.1) is 0 Å². The first kappa shape index (κ1) is 15.9. The summed E-state index contributed by atoms with van der Waals surface area (Å²) in [6.07, 6.45) is 0.452. The van der Waals surface area contributed by atoms with Crippen LogP contribution in [0.2, 0.25) is 0 Å². The van der Waals surface area contributed by atoms with Crippen LogP contribution in [-0.2, 0) is 11.2 Å². The third-order valence-electron chi connectivity index (χ3n) is 4.36. The van der Waals surface area contributed by atoms with Gasteiger partial charge >= 0.3 is 0 Å². The fourth-order valence-electron chi connectivity index (χ4n) is 3.14. The summed E-state index contributed by atoms with van der Waals surface area (Å²) in [4.78, 5) is 12.7. The zero-order valence-electron chi connectivity index (χ0n) is 12.6. The Bertz CT molecular complexity index is 749. The van der Waals surface area contributed by atoms with Gasteiger partial charge in [0.25, 0.3) is 0 Å². The highest BCUT2D eigenvalue weighted by Crippen LogP contribution is 2.30. The van der Waals surface area contributed by atoms with Crippen LogP contribution in [0.25, 0.3) is 0 Å². The Morgan fingerprint density at radius 3 is 2.74 bits per heavy atom. The Labute approximate surface area is 144 Å². The molecular weight excluding hydrogens is 352 g/mol. The molecule has 1 N–H and O–H groups in total. The second-order valence-electron chi connectivity index (χ2n) is 5.88. The van der Waals surface area contributed by atoms with Crippen molar-refractivity contribution in [1.82, 2.24) is 5.32 Å². The van der Waals surface area contributed by atoms with Crippen LogP contribution in [0.15, 0.2) is 53.0 Å². The highest BCUT2D eigenvalue weighted by atomic mass is 79.9. The van der Waals surface area contributed by atoms with Gasteiger partial charge in [0, 0.05) is 35.8 Å². The van der Waals surface area contributed by atoms with Crippen LogP contribution in [0.5, 0.6) is 0 Å². The lowest BCUT2D eigenvalue weighted by molar-refractivity contribution is -0.122. The second-order valence-corrected chi connectivity index (χ2v) is 6.79. The SMILES string of the molecule is N#Cc1cccc(C2CNCC2C(=O)Cc2ccc(Br)cc2)c1. The maximum absolute atomic E-state index is 12.7. The van der Waals surface area contributed by atoms with Crippen molar-refractivity contribution in [2.75, 3.05) is 13.1 Å². The molecule has 1 aliphatic heterocycles. The van der Waals surface area contributed by atoms with Gasteiger partial charge < -0.3 is 5.32 Å². The zero-order chi connectivity index (χ0) is 16.2. The van der Waals surface area contributed by atoms with E-state index in [-0.39, 0.29) is 17.6 Å². The van der Waals surface area contributed by atoms with E-state index < -0.39 is 0 Å². The number of nitrogens with one attached hydrogen (secondary N) is 1. The lowest BCUT2D eigenvalue weighted by atomic mass is 9.84. The standard InChI is InChI=1S/C19H17BrN2O/c20-16-6-4-13(5-7-16)9-19(23)18-12-22-11-17(18)15-3-1-2-14(8-15)10-21/h1-8,17-18,22H,9,11-12H2. The van der Waals surface area contributed by atoms with Gasteiger partial charge in [-0.3, -0.25) is 4.79 Å². The predicted molar refractivity (Wildman–Crippen MR) is 93.1 cm³/mol. The summed E-state index contributed by atoms with van der Waals surface area (Å²) >= 11 is 3.41. The van der Waals surface area contributed by atoms with Gasteiger partial charge in [-0.25, -0.2) is 0 Å². The molecule has 1 saturated heterocycles. The lowest BCUT2D eigenvalue weighted by Gasteiger charge is -2.18. The highest BCUT2D eigenvalue weighted by Gasteiger charge is 2.33. The van der Waals surface area contributed by atoms with E-state index in [2.05, 4.69) is 27.3 Å². The number of nitriles is 1. The monoisotopic (exact) mass is 368 g/mol. The van der Waals surface area contributed by atoms with Crippen LogP contribution in [0.1, 0.15) is 22.6 Å². The normalized spacial score (nSPS) is 20.2. The maximum Gasteiger partial charge on any atom is 0.142 e. The van der Waals surface area contributed by atoms with Gasteiger partial charge in [0.1, 0.15) is 5.78 Å². The lowest BCUT2D eigenvalue weighted by Crippen LogP contribution is -2.23. The average molecular weight is 369 g/mol. The first-order valence-corrected chi connectivity index (χ1v) is 8.44. The van der Waals surface area contributed by atoms with Gasteiger partial charge in [0.2, 0.25) is 0 Å². The van der Waals surface area contributed by atoms with Gasteiger partial charge in [-0.2, -0.15) is 5.26 Å². The Balaban J connectivity index is 1.76. The maximum atomic E-state index is 12.7. The molecule has 2 unspecified atom stereocenters. The van der Waals surface area contributed by atoms with Gasteiger partial charge in [0.05, 0.1) is 11.6 Å². The smallest absolute Gasteiger partial charge is 0.142 e. The molecule has 23 heavy (non-hydrogen) atoms. The van der Waals surface area contributed by atoms with E-state index in [0.717, 1.165) is 22.1 Å². The summed E-state index contributed by atoms with van der Waals surface area (Å²) in [5, 5.41) is 12.4. The quantitative estimate of drug-likeness (QED) is 0.899. The van der Waals surface area contributed by atoms with Crippen molar-refractivity contribution in [1.29, 1.82) is 5.26 Å². The van der Waals surface area contributed by atoms with Crippen LogP contribution in [0, 0.1) is 17.2 Å². The summed E-state index contributed by atoms with van der Waals surface area (Å²) in [7, 11) is 0. The van der Waals surface area contributed by atoms with Gasteiger partial charge in [0.15, 0.2) is 0 Å². The molecule has 0 aliphatic carbocycles. The largest absolute Gasteiger partial charge is 0.315 e. The minimum atomic E-state index is -0.0346. The van der Waals surface area contributed by atoms with Crippen LogP contribution >= 0.6 is 15.9 Å². The van der Waals surface area contributed by atoms with Crippen molar-refractivity contribution < 1.29 is 4.79 Å². The number of Topliss-reactive ketones (excluding diaryl/α,β-unsaturated/α-hetero) is 1. The van der Waals surface area contributed by atoms with Gasteiger partial charge in [-0.05, 0) is 35.4 Å². The number of ketones is 1. The summed E-state index contributed by atoms with van der Waals surface area (Å²) < 4.78 is 1.02. The topological polar surface area (TPSA) is 52.9 Å². The van der Waals surface area contributed by atoms with E-state index in [1.54, 1.807) is 6.07 Å². The van der Waals surface area contributed by atoms with Crippen molar-refractivity contribution in [3.63, 3.8) is 0 Å². The molecule has 0 amide bonds. The third kappa shape index (κ3) is 3.69. The van der Waals surface area contributed by atoms with E-state index in [4.69, 9.17) is 5.26 Å². The Hall–Kier alpha value is -1.96. The molecule has 0 radical (unpaired) electrons. The fourth-order valence-corrected chi connectivity index (χ4v) is 3.40. The van der Waals surface area contributed by atoms with Crippen LogP contribution in [0.3, 0.4) is 0 Å². The summed E-state index contributed by atoms with van der Waals surface area (Å²) in [5.41, 5.74) is 2.76. The van der Waals surface area contributed by atoms with E-state index in [1.807, 2.05) is 42.5 Å². The molecule has 0 spiro atoms.